The highest BCUT2D eigenvalue weighted by molar-refractivity contribution is 5.83. The zero-order valence-electron chi connectivity index (χ0n) is 6.82. The van der Waals surface area contributed by atoms with E-state index in [9.17, 15) is 4.79 Å². The summed E-state index contributed by atoms with van der Waals surface area (Å²) >= 11 is 0. The van der Waals surface area contributed by atoms with Gasteiger partial charge in [-0.2, -0.15) is 0 Å². The molecule has 1 saturated carbocycles. The third kappa shape index (κ3) is 1.21. The summed E-state index contributed by atoms with van der Waals surface area (Å²) in [5.41, 5.74) is 0. The molecule has 0 aromatic heterocycles. The van der Waals surface area contributed by atoms with Gasteiger partial charge in [0.2, 0.25) is 5.91 Å². The van der Waals surface area contributed by atoms with Gasteiger partial charge in [0.05, 0.1) is 25.2 Å². The SMILES string of the molecule is O=C1NC2CC(OCCO)C1C2. The normalized spacial score (nSPS) is 38.8. The number of hydrogen-bond donors (Lipinski definition) is 2. The van der Waals surface area contributed by atoms with E-state index in [2.05, 4.69) is 5.32 Å². The molecule has 2 N–H and O–H groups in total. The Balaban J connectivity index is 1.89. The van der Waals surface area contributed by atoms with Crippen molar-refractivity contribution in [3.8, 4) is 0 Å². The first-order valence-corrected chi connectivity index (χ1v) is 4.34. The van der Waals surface area contributed by atoms with Gasteiger partial charge < -0.3 is 15.2 Å². The van der Waals surface area contributed by atoms with Gasteiger partial charge in [-0.25, -0.2) is 0 Å². The third-order valence-corrected chi connectivity index (χ3v) is 2.61. The van der Waals surface area contributed by atoms with Crippen LogP contribution in [0, 0.1) is 5.92 Å². The fourth-order valence-electron chi connectivity index (χ4n) is 2.09. The smallest absolute Gasteiger partial charge is 0.226 e. The lowest BCUT2D eigenvalue weighted by Crippen LogP contribution is -2.39. The van der Waals surface area contributed by atoms with Crippen molar-refractivity contribution < 1.29 is 14.6 Å². The van der Waals surface area contributed by atoms with Gasteiger partial charge in [0.1, 0.15) is 0 Å². The Morgan fingerprint density at radius 2 is 2.42 bits per heavy atom. The zero-order chi connectivity index (χ0) is 8.55. The molecule has 2 rings (SSSR count). The van der Waals surface area contributed by atoms with E-state index in [4.69, 9.17) is 9.84 Å². The quantitative estimate of drug-likeness (QED) is 0.588. The number of piperidine rings is 1. The molecule has 2 fully saturated rings. The molecule has 1 amide bonds. The average Bonchev–Trinajstić information content (AvgIpc) is 2.58. The molecule has 0 radical (unpaired) electrons. The van der Waals surface area contributed by atoms with Crippen molar-refractivity contribution in [3.05, 3.63) is 0 Å². The first kappa shape index (κ1) is 8.01. The second-order valence-electron chi connectivity index (χ2n) is 3.42. The van der Waals surface area contributed by atoms with Gasteiger partial charge in [-0.15, -0.1) is 0 Å². The van der Waals surface area contributed by atoms with Gasteiger partial charge in [-0.3, -0.25) is 4.79 Å². The molecule has 0 spiro atoms. The molecule has 4 nitrogen and oxygen atoms in total. The van der Waals surface area contributed by atoms with Gasteiger partial charge in [-0.1, -0.05) is 0 Å². The largest absolute Gasteiger partial charge is 0.394 e. The van der Waals surface area contributed by atoms with E-state index in [1.165, 1.54) is 0 Å². The number of aliphatic hydroxyl groups is 1. The van der Waals surface area contributed by atoms with Crippen molar-refractivity contribution in [2.24, 2.45) is 5.92 Å². The average molecular weight is 171 g/mol. The highest BCUT2D eigenvalue weighted by atomic mass is 16.5. The summed E-state index contributed by atoms with van der Waals surface area (Å²) < 4.78 is 5.35. The van der Waals surface area contributed by atoms with Crippen molar-refractivity contribution in [1.82, 2.24) is 5.32 Å². The highest BCUT2D eigenvalue weighted by Gasteiger charge is 2.45. The number of carbonyl (C=O) groups is 1. The van der Waals surface area contributed by atoms with Crippen LogP contribution in [0.5, 0.6) is 0 Å². The number of nitrogens with one attached hydrogen (secondary N) is 1. The van der Waals surface area contributed by atoms with E-state index in [0.717, 1.165) is 12.8 Å². The van der Waals surface area contributed by atoms with Crippen LogP contribution in [0.15, 0.2) is 0 Å². The fraction of sp³-hybridized carbons (Fsp3) is 0.875. The number of hydrogen-bond acceptors (Lipinski definition) is 3. The molecule has 1 heterocycles. The van der Waals surface area contributed by atoms with Crippen LogP contribution in [0.3, 0.4) is 0 Å². The van der Waals surface area contributed by atoms with Crippen LogP contribution < -0.4 is 5.32 Å². The van der Waals surface area contributed by atoms with Crippen LogP contribution in [0.1, 0.15) is 12.8 Å². The first-order chi connectivity index (χ1) is 5.81. The standard InChI is InChI=1S/C8H13NO3/c10-1-2-12-7-4-5-3-6(7)8(11)9-5/h5-7,10H,1-4H2,(H,9,11). The molecule has 0 aromatic rings. The van der Waals surface area contributed by atoms with Crippen LogP contribution in [0.25, 0.3) is 0 Å². The van der Waals surface area contributed by atoms with Crippen molar-refractivity contribution >= 4 is 5.91 Å². The number of rotatable bonds is 3. The number of ether oxygens (including phenoxy) is 1. The topological polar surface area (TPSA) is 58.6 Å². The lowest BCUT2D eigenvalue weighted by molar-refractivity contribution is -0.129. The van der Waals surface area contributed by atoms with E-state index >= 15 is 0 Å². The molecule has 1 aliphatic heterocycles. The predicted molar refractivity (Wildman–Crippen MR) is 41.5 cm³/mol. The summed E-state index contributed by atoms with van der Waals surface area (Å²) in [5, 5.41) is 11.4. The second-order valence-corrected chi connectivity index (χ2v) is 3.42. The molecule has 4 heteroatoms. The first-order valence-electron chi connectivity index (χ1n) is 4.34. The number of carbonyl (C=O) groups excluding carboxylic acids is 1. The molecule has 12 heavy (non-hydrogen) atoms. The summed E-state index contributed by atoms with van der Waals surface area (Å²) in [6, 6.07) is 0.325. The Morgan fingerprint density at radius 1 is 1.58 bits per heavy atom. The minimum Gasteiger partial charge on any atom is -0.394 e. The molecule has 2 bridgehead atoms. The van der Waals surface area contributed by atoms with Gasteiger partial charge >= 0.3 is 0 Å². The minimum atomic E-state index is 0.0372. The van der Waals surface area contributed by atoms with Crippen molar-refractivity contribution in [1.29, 1.82) is 0 Å². The Morgan fingerprint density at radius 3 is 3.00 bits per heavy atom. The van der Waals surface area contributed by atoms with E-state index in [0.29, 0.717) is 12.6 Å². The number of fused-ring (bicyclic) bond motifs is 2. The van der Waals surface area contributed by atoms with Crippen LogP contribution in [-0.2, 0) is 9.53 Å². The lowest BCUT2D eigenvalue weighted by atomic mass is 10.1. The number of aliphatic hydroxyl groups excluding tert-OH is 1. The van der Waals surface area contributed by atoms with Gasteiger partial charge in [0, 0.05) is 6.04 Å². The second kappa shape index (κ2) is 3.03. The van der Waals surface area contributed by atoms with Crippen LogP contribution in [0.4, 0.5) is 0 Å². The molecule has 3 unspecified atom stereocenters. The fourth-order valence-corrected chi connectivity index (χ4v) is 2.09. The molecule has 2 aliphatic rings. The maximum Gasteiger partial charge on any atom is 0.226 e. The molecule has 0 aromatic carbocycles. The summed E-state index contributed by atoms with van der Waals surface area (Å²) in [5.74, 6) is 0.163. The molecule has 3 atom stereocenters. The maximum atomic E-state index is 11.2. The maximum absolute atomic E-state index is 11.2. The van der Waals surface area contributed by atoms with Crippen molar-refractivity contribution in [2.45, 2.75) is 25.0 Å². The molecule has 68 valence electrons. The van der Waals surface area contributed by atoms with E-state index < -0.39 is 0 Å². The van der Waals surface area contributed by atoms with Crippen LogP contribution in [0.2, 0.25) is 0 Å². The van der Waals surface area contributed by atoms with Gasteiger partial charge in [0.25, 0.3) is 0 Å². The van der Waals surface area contributed by atoms with E-state index in [-0.39, 0.29) is 24.5 Å². The molecular formula is C8H13NO3. The summed E-state index contributed by atoms with van der Waals surface area (Å²) in [4.78, 5) is 11.2. The van der Waals surface area contributed by atoms with Gasteiger partial charge in [0.15, 0.2) is 0 Å². The molecule has 1 saturated heterocycles. The van der Waals surface area contributed by atoms with E-state index in [1.807, 2.05) is 0 Å². The lowest BCUT2D eigenvalue weighted by Gasteiger charge is -2.21. The Kier molecular flexibility index (Phi) is 2.02. The highest BCUT2D eigenvalue weighted by Crippen LogP contribution is 2.34. The summed E-state index contributed by atoms with van der Waals surface area (Å²) in [6.45, 7) is 0.386. The molecular weight excluding hydrogens is 158 g/mol. The number of amides is 1. The summed E-state index contributed by atoms with van der Waals surface area (Å²) in [6.07, 6.45) is 1.88. The monoisotopic (exact) mass is 171 g/mol. The summed E-state index contributed by atoms with van der Waals surface area (Å²) in [7, 11) is 0. The van der Waals surface area contributed by atoms with Gasteiger partial charge in [-0.05, 0) is 12.8 Å². The predicted octanol–water partition coefficient (Wildman–Crippen LogP) is -0.728. The zero-order valence-corrected chi connectivity index (χ0v) is 6.82. The van der Waals surface area contributed by atoms with E-state index in [1.54, 1.807) is 0 Å². The van der Waals surface area contributed by atoms with Crippen molar-refractivity contribution in [3.63, 3.8) is 0 Å². The Labute approximate surface area is 70.9 Å². The minimum absolute atomic E-state index is 0.0372. The Hall–Kier alpha value is -0.610. The van der Waals surface area contributed by atoms with Crippen LogP contribution >= 0.6 is 0 Å². The van der Waals surface area contributed by atoms with Crippen molar-refractivity contribution in [2.75, 3.05) is 13.2 Å². The van der Waals surface area contributed by atoms with Crippen LogP contribution in [-0.4, -0.2) is 36.4 Å². The Bertz CT molecular complexity index is 195. The molecule has 1 aliphatic carbocycles. The third-order valence-electron chi connectivity index (χ3n) is 2.61.